The van der Waals surface area contributed by atoms with Gasteiger partial charge >= 0.3 is 0 Å². The smallest absolute Gasteiger partial charge is 0.0683 e. The summed E-state index contributed by atoms with van der Waals surface area (Å²) >= 11 is 3.65. The van der Waals surface area contributed by atoms with Gasteiger partial charge in [0.2, 0.25) is 0 Å². The van der Waals surface area contributed by atoms with Crippen molar-refractivity contribution in [3.05, 3.63) is 16.3 Å². The van der Waals surface area contributed by atoms with Gasteiger partial charge in [-0.15, -0.1) is 22.7 Å². The lowest BCUT2D eigenvalue weighted by atomic mass is 10.3. The minimum Gasteiger partial charge on any atom is -0.397 e. The summed E-state index contributed by atoms with van der Waals surface area (Å²) in [7, 11) is 0. The van der Waals surface area contributed by atoms with Gasteiger partial charge < -0.3 is 5.73 Å². The van der Waals surface area contributed by atoms with E-state index in [2.05, 4.69) is 6.07 Å². The van der Waals surface area contributed by atoms with E-state index in [1.54, 1.807) is 16.2 Å². The van der Waals surface area contributed by atoms with Gasteiger partial charge in [0.1, 0.15) is 0 Å². The quantitative estimate of drug-likeness (QED) is 0.741. The Labute approximate surface area is 78.8 Å². The number of thiophene rings is 2. The number of hydrogen-bond acceptors (Lipinski definition) is 3. The zero-order valence-electron chi connectivity index (χ0n) is 6.54. The third kappa shape index (κ3) is 0.898. The Morgan fingerprint density at radius 1 is 1.42 bits per heavy atom. The van der Waals surface area contributed by atoms with Crippen LogP contribution in [-0.4, -0.2) is 0 Å². The zero-order valence-corrected chi connectivity index (χ0v) is 8.17. The van der Waals surface area contributed by atoms with Crippen molar-refractivity contribution in [3.63, 3.8) is 0 Å². The molecule has 2 heterocycles. The molecule has 0 aromatic carbocycles. The van der Waals surface area contributed by atoms with Crippen LogP contribution in [0.2, 0.25) is 0 Å². The Morgan fingerprint density at radius 2 is 2.25 bits per heavy atom. The Kier molecular flexibility index (Phi) is 1.29. The minimum absolute atomic E-state index is 0.869. The van der Waals surface area contributed by atoms with E-state index in [-0.39, 0.29) is 0 Å². The molecule has 2 aromatic rings. The molecule has 3 rings (SSSR count). The van der Waals surface area contributed by atoms with Crippen LogP contribution in [0.25, 0.3) is 9.40 Å². The molecule has 0 bridgehead atoms. The maximum atomic E-state index is 5.83. The number of nitrogen functional groups attached to an aromatic ring is 1. The van der Waals surface area contributed by atoms with Crippen LogP contribution in [0.1, 0.15) is 23.6 Å². The van der Waals surface area contributed by atoms with Gasteiger partial charge in [-0.05, 0) is 24.8 Å². The van der Waals surface area contributed by atoms with Gasteiger partial charge in [-0.2, -0.15) is 0 Å². The van der Waals surface area contributed by atoms with E-state index in [1.807, 2.05) is 16.7 Å². The average Bonchev–Trinajstić information content (AvgIpc) is 2.73. The van der Waals surface area contributed by atoms with Crippen LogP contribution in [-0.2, 0) is 0 Å². The van der Waals surface area contributed by atoms with E-state index in [1.165, 1.54) is 22.2 Å². The Morgan fingerprint density at radius 3 is 2.92 bits per heavy atom. The van der Waals surface area contributed by atoms with Gasteiger partial charge in [0.15, 0.2) is 0 Å². The third-order valence-corrected chi connectivity index (χ3v) is 4.70. The number of hydrogen-bond donors (Lipinski definition) is 1. The standard InChI is InChI=1S/C9H9NS2/c10-6-4-11-8-3-7(5-1-2-5)12-9(6)8/h3-5H,1-2,10H2. The van der Waals surface area contributed by atoms with Crippen LogP contribution in [0.15, 0.2) is 11.4 Å². The summed E-state index contributed by atoms with van der Waals surface area (Å²) in [6.07, 6.45) is 2.77. The summed E-state index contributed by atoms with van der Waals surface area (Å²) in [6.45, 7) is 0. The van der Waals surface area contributed by atoms with Crippen molar-refractivity contribution >= 4 is 37.8 Å². The van der Waals surface area contributed by atoms with Crippen LogP contribution in [0.4, 0.5) is 5.69 Å². The lowest BCUT2D eigenvalue weighted by Gasteiger charge is -1.85. The number of rotatable bonds is 1. The molecule has 0 radical (unpaired) electrons. The fraction of sp³-hybridized carbons (Fsp3) is 0.333. The lowest BCUT2D eigenvalue weighted by Crippen LogP contribution is -1.76. The molecule has 2 N–H and O–H groups in total. The van der Waals surface area contributed by atoms with E-state index in [9.17, 15) is 0 Å². The molecule has 2 aromatic heterocycles. The first-order valence-corrected chi connectivity index (χ1v) is 5.80. The average molecular weight is 195 g/mol. The van der Waals surface area contributed by atoms with Crippen LogP contribution in [0, 0.1) is 0 Å². The molecule has 0 amide bonds. The molecule has 0 unspecified atom stereocenters. The van der Waals surface area contributed by atoms with E-state index >= 15 is 0 Å². The molecular weight excluding hydrogens is 186 g/mol. The number of anilines is 1. The van der Waals surface area contributed by atoms with Crippen molar-refractivity contribution < 1.29 is 0 Å². The minimum atomic E-state index is 0.869. The van der Waals surface area contributed by atoms with Crippen molar-refractivity contribution in [2.45, 2.75) is 18.8 Å². The first-order valence-electron chi connectivity index (χ1n) is 4.11. The number of nitrogens with two attached hydrogens (primary N) is 1. The van der Waals surface area contributed by atoms with Gasteiger partial charge in [-0.1, -0.05) is 0 Å². The summed E-state index contributed by atoms with van der Waals surface area (Å²) in [5, 5.41) is 2.04. The normalized spacial score (nSPS) is 17.3. The van der Waals surface area contributed by atoms with Crippen molar-refractivity contribution in [1.82, 2.24) is 0 Å². The monoisotopic (exact) mass is 195 g/mol. The topological polar surface area (TPSA) is 26.0 Å². The van der Waals surface area contributed by atoms with Gasteiger partial charge in [0.05, 0.1) is 10.4 Å². The molecule has 1 saturated carbocycles. The highest BCUT2D eigenvalue weighted by atomic mass is 32.1. The second-order valence-electron chi connectivity index (χ2n) is 3.31. The Balaban J connectivity index is 2.23. The van der Waals surface area contributed by atoms with E-state index in [4.69, 9.17) is 5.73 Å². The molecule has 0 atom stereocenters. The van der Waals surface area contributed by atoms with Gasteiger partial charge in [-0.25, -0.2) is 0 Å². The molecule has 1 fully saturated rings. The van der Waals surface area contributed by atoms with Gasteiger partial charge in [-0.3, -0.25) is 0 Å². The molecule has 12 heavy (non-hydrogen) atoms. The van der Waals surface area contributed by atoms with E-state index < -0.39 is 0 Å². The van der Waals surface area contributed by atoms with E-state index in [0.717, 1.165) is 11.6 Å². The van der Waals surface area contributed by atoms with E-state index in [0.29, 0.717) is 0 Å². The molecule has 1 aliphatic carbocycles. The highest BCUT2D eigenvalue weighted by Crippen LogP contribution is 2.47. The zero-order chi connectivity index (χ0) is 8.13. The Hall–Kier alpha value is -0.540. The van der Waals surface area contributed by atoms with Crippen LogP contribution in [0.5, 0.6) is 0 Å². The fourth-order valence-corrected chi connectivity index (χ4v) is 3.79. The largest absolute Gasteiger partial charge is 0.397 e. The molecule has 62 valence electrons. The molecule has 1 nitrogen and oxygen atoms in total. The first kappa shape index (κ1) is 6.92. The summed E-state index contributed by atoms with van der Waals surface area (Å²) < 4.78 is 2.68. The third-order valence-electron chi connectivity index (χ3n) is 2.27. The van der Waals surface area contributed by atoms with Crippen molar-refractivity contribution in [1.29, 1.82) is 0 Å². The highest BCUT2D eigenvalue weighted by Gasteiger charge is 2.25. The maximum absolute atomic E-state index is 5.83. The predicted octanol–water partition coefficient (Wildman–Crippen LogP) is 3.42. The Bertz CT molecular complexity index is 423. The molecule has 0 spiro atoms. The van der Waals surface area contributed by atoms with Crippen LogP contribution >= 0.6 is 22.7 Å². The first-order chi connectivity index (χ1) is 5.84. The molecule has 0 saturated heterocycles. The van der Waals surface area contributed by atoms with Crippen molar-refractivity contribution in [3.8, 4) is 0 Å². The van der Waals surface area contributed by atoms with Crippen molar-refractivity contribution in [2.24, 2.45) is 0 Å². The maximum Gasteiger partial charge on any atom is 0.0683 e. The second kappa shape index (κ2) is 2.24. The van der Waals surface area contributed by atoms with Crippen molar-refractivity contribution in [2.75, 3.05) is 5.73 Å². The second-order valence-corrected chi connectivity index (χ2v) is 5.30. The predicted molar refractivity (Wildman–Crippen MR) is 56.1 cm³/mol. The summed E-state index contributed by atoms with van der Waals surface area (Å²) in [5.74, 6) is 0.869. The lowest BCUT2D eigenvalue weighted by molar-refractivity contribution is 1.18. The number of fused-ring (bicyclic) bond motifs is 1. The van der Waals surface area contributed by atoms with Gasteiger partial charge in [0, 0.05) is 15.0 Å². The fourth-order valence-electron chi connectivity index (χ4n) is 1.43. The molecule has 0 aliphatic heterocycles. The van der Waals surface area contributed by atoms with Crippen LogP contribution in [0.3, 0.4) is 0 Å². The van der Waals surface area contributed by atoms with Gasteiger partial charge in [0.25, 0.3) is 0 Å². The molecule has 1 aliphatic rings. The summed E-state index contributed by atoms with van der Waals surface area (Å²) in [6, 6.07) is 2.32. The summed E-state index contributed by atoms with van der Waals surface area (Å²) in [5.41, 5.74) is 6.80. The van der Waals surface area contributed by atoms with Crippen LogP contribution < -0.4 is 5.73 Å². The summed E-state index contributed by atoms with van der Waals surface area (Å²) in [4.78, 5) is 1.54. The SMILES string of the molecule is Nc1csc2cc(C3CC3)sc12. The highest BCUT2D eigenvalue weighted by molar-refractivity contribution is 7.28. The molecular formula is C9H9NS2. The molecule has 3 heteroatoms.